The van der Waals surface area contributed by atoms with Gasteiger partial charge in [-0.1, -0.05) is 20.8 Å². The van der Waals surface area contributed by atoms with Crippen LogP contribution >= 0.6 is 0 Å². The molecule has 0 unspecified atom stereocenters. The normalized spacial score (nSPS) is 12.6. The van der Waals surface area contributed by atoms with Crippen LogP contribution in [0.5, 0.6) is 0 Å². The van der Waals surface area contributed by atoms with Crippen LogP contribution < -0.4 is 5.32 Å². The lowest BCUT2D eigenvalue weighted by atomic mass is 9.92. The number of nitrogens with one attached hydrogen (secondary N) is 1. The Balaban J connectivity index is 3.58. The highest BCUT2D eigenvalue weighted by Crippen LogP contribution is 2.17. The van der Waals surface area contributed by atoms with Crippen molar-refractivity contribution in [1.82, 2.24) is 5.32 Å². The van der Waals surface area contributed by atoms with Crippen LogP contribution in [0.15, 0.2) is 0 Å². The van der Waals surface area contributed by atoms with Gasteiger partial charge in [-0.3, -0.25) is 4.79 Å². The maximum atomic E-state index is 10.8. The molecule has 0 spiro atoms. The molecule has 0 aromatic carbocycles. The Labute approximate surface area is 58.0 Å². The Hall–Kier alpha value is -0.530. The molecule has 0 aromatic heterocycles. The van der Waals surface area contributed by atoms with Gasteiger partial charge in [0.1, 0.15) is 0 Å². The lowest BCUT2D eigenvalue weighted by Crippen LogP contribution is -2.23. The Bertz CT molecular complexity index is 117. The molecule has 0 heterocycles. The van der Waals surface area contributed by atoms with E-state index in [1.165, 1.54) is 0 Å². The van der Waals surface area contributed by atoms with E-state index in [2.05, 4.69) is 5.32 Å². The van der Waals surface area contributed by atoms with Crippen LogP contribution in [-0.2, 0) is 4.79 Å². The van der Waals surface area contributed by atoms with E-state index in [-0.39, 0.29) is 18.3 Å². The van der Waals surface area contributed by atoms with Gasteiger partial charge in [0.15, 0.2) is 0 Å². The average Bonchev–Trinajstić information content (AvgIpc) is 1.59. The van der Waals surface area contributed by atoms with Crippen LogP contribution in [0.2, 0.25) is 0 Å². The summed E-state index contributed by atoms with van der Waals surface area (Å²) in [6, 6.07) is 0. The molecule has 1 amide bonds. The number of hydrogen-bond acceptors (Lipinski definition) is 1. The van der Waals surface area contributed by atoms with Crippen molar-refractivity contribution in [2.75, 3.05) is 7.02 Å². The molecule has 0 bridgehead atoms. The number of carbonyl (C=O) groups excluding carboxylic acids is 1. The van der Waals surface area contributed by atoms with Crippen LogP contribution in [-0.4, -0.2) is 12.9 Å². The van der Waals surface area contributed by atoms with Gasteiger partial charge in [0.05, 0.1) is 0 Å². The summed E-state index contributed by atoms with van der Waals surface area (Å²) in [7, 11) is -0.0189. The number of rotatable bonds is 1. The van der Waals surface area contributed by atoms with E-state index in [0.717, 1.165) is 0 Å². The molecule has 0 aromatic rings. The summed E-state index contributed by atoms with van der Waals surface area (Å²) in [5, 5.41) is 2.43. The molecule has 0 radical (unpaired) electrons. The van der Waals surface area contributed by atoms with Crippen molar-refractivity contribution in [2.45, 2.75) is 27.2 Å². The second-order valence-electron chi connectivity index (χ2n) is 3.34. The zero-order valence-electron chi connectivity index (χ0n) is 7.32. The Morgan fingerprint density at radius 1 is 1.67 bits per heavy atom. The van der Waals surface area contributed by atoms with Gasteiger partial charge in [0.2, 0.25) is 5.91 Å². The first-order chi connectivity index (χ1) is 4.45. The second-order valence-corrected chi connectivity index (χ2v) is 3.34. The molecule has 1 N–H and O–H groups in total. The summed E-state index contributed by atoms with van der Waals surface area (Å²) < 4.78 is 6.71. The molecule has 0 aliphatic heterocycles. The standard InChI is InChI=1S/C7H15NO/c1-7(2,3)5-6(9)8-4/h5H2,1-4H3,(H,8,9)/i4D. The van der Waals surface area contributed by atoms with Gasteiger partial charge < -0.3 is 5.32 Å². The summed E-state index contributed by atoms with van der Waals surface area (Å²) in [6.07, 6.45) is 0.492. The molecular weight excluding hydrogens is 114 g/mol. The third kappa shape index (κ3) is 5.34. The van der Waals surface area contributed by atoms with Gasteiger partial charge in [-0.2, -0.15) is 0 Å². The molecule has 0 saturated carbocycles. The summed E-state index contributed by atoms with van der Waals surface area (Å²) >= 11 is 0. The Morgan fingerprint density at radius 3 is 2.56 bits per heavy atom. The number of amides is 1. The van der Waals surface area contributed by atoms with Gasteiger partial charge in [-0.15, -0.1) is 0 Å². The van der Waals surface area contributed by atoms with Crippen LogP contribution in [0.4, 0.5) is 0 Å². The zero-order valence-corrected chi connectivity index (χ0v) is 6.32. The molecule has 0 aliphatic carbocycles. The molecule has 54 valence electrons. The molecular formula is C7H15NO. The number of carbonyl (C=O) groups is 1. The van der Waals surface area contributed by atoms with Gasteiger partial charge >= 0.3 is 0 Å². The summed E-state index contributed by atoms with van der Waals surface area (Å²) in [4.78, 5) is 10.8. The van der Waals surface area contributed by atoms with Crippen LogP contribution in [0.1, 0.15) is 28.6 Å². The first-order valence-electron chi connectivity index (χ1n) is 3.72. The lowest BCUT2D eigenvalue weighted by molar-refractivity contribution is -0.122. The molecule has 2 heteroatoms. The predicted octanol–water partition coefficient (Wildman–Crippen LogP) is 1.17. The molecule has 0 fully saturated rings. The van der Waals surface area contributed by atoms with E-state index in [1.54, 1.807) is 0 Å². The highest BCUT2D eigenvalue weighted by Gasteiger charge is 2.13. The van der Waals surface area contributed by atoms with E-state index in [4.69, 9.17) is 1.37 Å². The van der Waals surface area contributed by atoms with E-state index >= 15 is 0 Å². The van der Waals surface area contributed by atoms with Gasteiger partial charge in [0.25, 0.3) is 0 Å². The van der Waals surface area contributed by atoms with Gasteiger partial charge in [0, 0.05) is 14.8 Å². The SMILES string of the molecule is [2H]CNC(=O)CC(C)(C)C. The Morgan fingerprint density at radius 2 is 2.22 bits per heavy atom. The van der Waals surface area contributed by atoms with E-state index in [0.29, 0.717) is 6.42 Å². The average molecular weight is 130 g/mol. The minimum Gasteiger partial charge on any atom is -0.359 e. The van der Waals surface area contributed by atoms with Crippen molar-refractivity contribution in [3.05, 3.63) is 0 Å². The van der Waals surface area contributed by atoms with Crippen LogP contribution in [0.3, 0.4) is 0 Å². The van der Waals surface area contributed by atoms with E-state index < -0.39 is 0 Å². The monoisotopic (exact) mass is 130 g/mol. The predicted molar refractivity (Wildman–Crippen MR) is 38.1 cm³/mol. The fraction of sp³-hybridized carbons (Fsp3) is 0.857. The van der Waals surface area contributed by atoms with Crippen molar-refractivity contribution < 1.29 is 6.17 Å². The summed E-state index contributed by atoms with van der Waals surface area (Å²) in [5.74, 6) is -0.0394. The quantitative estimate of drug-likeness (QED) is 0.567. The summed E-state index contributed by atoms with van der Waals surface area (Å²) in [6.45, 7) is 5.99. The highest BCUT2D eigenvalue weighted by molar-refractivity contribution is 5.76. The smallest absolute Gasteiger partial charge is 0.220 e. The molecule has 9 heavy (non-hydrogen) atoms. The fourth-order valence-electron chi connectivity index (χ4n) is 0.544. The first-order valence-corrected chi connectivity index (χ1v) is 3.01. The molecule has 0 aliphatic rings. The maximum Gasteiger partial charge on any atom is 0.220 e. The minimum absolute atomic E-state index is 0.0189. The fourth-order valence-corrected chi connectivity index (χ4v) is 0.544. The second kappa shape index (κ2) is 2.85. The first kappa shape index (κ1) is 6.59. The molecule has 0 saturated heterocycles. The van der Waals surface area contributed by atoms with Gasteiger partial charge in [-0.25, -0.2) is 0 Å². The van der Waals surface area contributed by atoms with Crippen molar-refractivity contribution in [2.24, 2.45) is 5.41 Å². The molecule has 2 nitrogen and oxygen atoms in total. The van der Waals surface area contributed by atoms with Gasteiger partial charge in [-0.05, 0) is 5.41 Å². The van der Waals surface area contributed by atoms with Crippen molar-refractivity contribution in [3.8, 4) is 0 Å². The summed E-state index contributed by atoms with van der Waals surface area (Å²) in [5.41, 5.74) is 0.0270. The topological polar surface area (TPSA) is 29.1 Å². The van der Waals surface area contributed by atoms with E-state index in [9.17, 15) is 4.79 Å². The molecule has 0 rings (SSSR count). The van der Waals surface area contributed by atoms with Crippen molar-refractivity contribution in [1.29, 1.82) is 0 Å². The zero-order chi connectivity index (χ0) is 8.20. The van der Waals surface area contributed by atoms with Crippen LogP contribution in [0, 0.1) is 5.41 Å². The van der Waals surface area contributed by atoms with Crippen molar-refractivity contribution in [3.63, 3.8) is 0 Å². The van der Waals surface area contributed by atoms with Crippen molar-refractivity contribution >= 4 is 5.91 Å². The maximum absolute atomic E-state index is 10.8. The third-order valence-corrected chi connectivity index (χ3v) is 0.888. The molecule has 0 atom stereocenters. The highest BCUT2D eigenvalue weighted by atomic mass is 16.1. The Kier molecular flexibility index (Phi) is 2.09. The van der Waals surface area contributed by atoms with E-state index in [1.807, 2.05) is 20.8 Å². The largest absolute Gasteiger partial charge is 0.359 e. The van der Waals surface area contributed by atoms with Crippen LogP contribution in [0.25, 0.3) is 0 Å². The number of hydrogen-bond donors (Lipinski definition) is 1. The lowest BCUT2D eigenvalue weighted by Gasteiger charge is -2.15. The minimum atomic E-state index is -0.0394. The third-order valence-electron chi connectivity index (χ3n) is 0.888.